The number of Topliss-reactive ketones (excluding diaryl/α,β-unsaturated/α-hetero) is 1. The molecule has 1 unspecified atom stereocenters. The van der Waals surface area contributed by atoms with Gasteiger partial charge in [-0.2, -0.15) is 13.2 Å². The molecule has 124 valence electrons. The zero-order chi connectivity index (χ0) is 17.8. The van der Waals surface area contributed by atoms with Crippen molar-refractivity contribution in [2.24, 2.45) is 0 Å². The first kappa shape index (κ1) is 15.6. The third-order valence-electron chi connectivity index (χ3n) is 4.54. The van der Waals surface area contributed by atoms with Crippen LogP contribution in [0, 0.1) is 0 Å². The second-order valence-electron chi connectivity index (χ2n) is 6.00. The molecular weight excluding hydrogens is 327 g/mol. The normalized spacial score (nSPS) is 17.2. The van der Waals surface area contributed by atoms with Gasteiger partial charge in [0.15, 0.2) is 5.78 Å². The van der Waals surface area contributed by atoms with Crippen LogP contribution < -0.4 is 0 Å². The average Bonchev–Trinajstić information content (AvgIpc) is 2.84. The van der Waals surface area contributed by atoms with Gasteiger partial charge in [-0.3, -0.25) is 9.78 Å². The number of ketones is 1. The van der Waals surface area contributed by atoms with E-state index >= 15 is 0 Å². The standard InChI is InChI=1S/C20H12F3NO/c1-11-16-10-13(20(21,22)23)7-8-14(16)19(25)17(11)15-6-2-4-12-5-3-9-24-18(12)15/h2-10,17H,1H2. The van der Waals surface area contributed by atoms with E-state index in [1.165, 1.54) is 6.07 Å². The number of para-hydroxylation sites is 1. The molecule has 4 rings (SSSR count). The summed E-state index contributed by atoms with van der Waals surface area (Å²) in [7, 11) is 0. The number of rotatable bonds is 1. The molecule has 1 aliphatic rings. The fourth-order valence-corrected chi connectivity index (χ4v) is 3.36. The molecule has 0 spiro atoms. The summed E-state index contributed by atoms with van der Waals surface area (Å²) in [6, 6.07) is 12.3. The van der Waals surface area contributed by atoms with E-state index in [0.717, 1.165) is 17.5 Å². The molecular formula is C20H12F3NO. The minimum absolute atomic E-state index is 0.244. The topological polar surface area (TPSA) is 30.0 Å². The van der Waals surface area contributed by atoms with Gasteiger partial charge < -0.3 is 0 Å². The number of carbonyl (C=O) groups is 1. The Hall–Kier alpha value is -2.95. The van der Waals surface area contributed by atoms with Gasteiger partial charge in [0.05, 0.1) is 17.0 Å². The number of hydrogen-bond donors (Lipinski definition) is 0. The fourth-order valence-electron chi connectivity index (χ4n) is 3.36. The van der Waals surface area contributed by atoms with Crippen LogP contribution in [0.5, 0.6) is 0 Å². The van der Waals surface area contributed by atoms with E-state index in [9.17, 15) is 18.0 Å². The van der Waals surface area contributed by atoms with Gasteiger partial charge in [-0.05, 0) is 34.9 Å². The highest BCUT2D eigenvalue weighted by molar-refractivity contribution is 6.18. The number of carbonyl (C=O) groups excluding carboxylic acids is 1. The van der Waals surface area contributed by atoms with Gasteiger partial charge in [-0.1, -0.05) is 36.9 Å². The minimum Gasteiger partial charge on any atom is -0.293 e. The van der Waals surface area contributed by atoms with Crippen molar-refractivity contribution in [3.8, 4) is 0 Å². The number of pyridine rings is 1. The summed E-state index contributed by atoms with van der Waals surface area (Å²) in [6.07, 6.45) is -2.83. The Balaban J connectivity index is 1.88. The van der Waals surface area contributed by atoms with Gasteiger partial charge in [0, 0.05) is 17.1 Å². The third-order valence-corrected chi connectivity index (χ3v) is 4.54. The molecule has 2 aromatic carbocycles. The van der Waals surface area contributed by atoms with Crippen LogP contribution in [-0.4, -0.2) is 10.8 Å². The van der Waals surface area contributed by atoms with Gasteiger partial charge in [-0.15, -0.1) is 0 Å². The lowest BCUT2D eigenvalue weighted by Gasteiger charge is -2.13. The second kappa shape index (κ2) is 5.28. The lowest BCUT2D eigenvalue weighted by Crippen LogP contribution is -2.07. The Labute approximate surface area is 141 Å². The molecule has 0 amide bonds. The summed E-state index contributed by atoms with van der Waals surface area (Å²) in [4.78, 5) is 17.2. The predicted molar refractivity (Wildman–Crippen MR) is 89.3 cm³/mol. The molecule has 0 fully saturated rings. The number of aromatic nitrogens is 1. The molecule has 0 saturated heterocycles. The smallest absolute Gasteiger partial charge is 0.293 e. The molecule has 2 nitrogen and oxygen atoms in total. The van der Waals surface area contributed by atoms with E-state index < -0.39 is 17.7 Å². The molecule has 5 heteroatoms. The zero-order valence-corrected chi connectivity index (χ0v) is 13.0. The first-order chi connectivity index (χ1) is 11.9. The van der Waals surface area contributed by atoms with Crippen LogP contribution in [0.25, 0.3) is 16.5 Å². The third kappa shape index (κ3) is 2.35. The number of alkyl halides is 3. The van der Waals surface area contributed by atoms with E-state index in [0.29, 0.717) is 16.7 Å². The maximum absolute atomic E-state index is 13.0. The monoisotopic (exact) mass is 339 g/mol. The molecule has 0 N–H and O–H groups in total. The van der Waals surface area contributed by atoms with E-state index in [-0.39, 0.29) is 16.9 Å². The Bertz CT molecular complexity index is 1030. The summed E-state index contributed by atoms with van der Waals surface area (Å²) in [5.41, 5.74) is 1.46. The maximum Gasteiger partial charge on any atom is 0.416 e. The van der Waals surface area contributed by atoms with Gasteiger partial charge in [0.25, 0.3) is 0 Å². The van der Waals surface area contributed by atoms with Crippen molar-refractivity contribution in [3.63, 3.8) is 0 Å². The number of benzene rings is 2. The molecule has 3 aromatic rings. The summed E-state index contributed by atoms with van der Waals surface area (Å²) < 4.78 is 39.0. The van der Waals surface area contributed by atoms with Gasteiger partial charge in [-0.25, -0.2) is 0 Å². The van der Waals surface area contributed by atoms with Crippen molar-refractivity contribution in [2.45, 2.75) is 12.1 Å². The highest BCUT2D eigenvalue weighted by Gasteiger charge is 2.39. The van der Waals surface area contributed by atoms with Crippen molar-refractivity contribution in [3.05, 3.63) is 83.6 Å². The van der Waals surface area contributed by atoms with Crippen molar-refractivity contribution < 1.29 is 18.0 Å². The molecule has 0 radical (unpaired) electrons. The fraction of sp³-hybridized carbons (Fsp3) is 0.100. The minimum atomic E-state index is -4.46. The highest BCUT2D eigenvalue weighted by Crippen LogP contribution is 2.45. The summed E-state index contributed by atoms with van der Waals surface area (Å²) >= 11 is 0. The molecule has 1 aliphatic carbocycles. The van der Waals surface area contributed by atoms with Crippen LogP contribution in [0.15, 0.2) is 61.3 Å². The zero-order valence-electron chi connectivity index (χ0n) is 13.0. The van der Waals surface area contributed by atoms with Crippen molar-refractivity contribution >= 4 is 22.3 Å². The van der Waals surface area contributed by atoms with E-state index in [1.54, 1.807) is 18.3 Å². The number of nitrogens with zero attached hydrogens (tertiary/aromatic N) is 1. The Morgan fingerprint density at radius 3 is 2.52 bits per heavy atom. The predicted octanol–water partition coefficient (Wildman–Crippen LogP) is 5.25. The van der Waals surface area contributed by atoms with E-state index in [1.807, 2.05) is 18.2 Å². The number of allylic oxidation sites excluding steroid dienone is 1. The molecule has 1 aromatic heterocycles. The lowest BCUT2D eigenvalue weighted by atomic mass is 9.90. The molecule has 1 atom stereocenters. The average molecular weight is 339 g/mol. The first-order valence-corrected chi connectivity index (χ1v) is 7.66. The van der Waals surface area contributed by atoms with Crippen molar-refractivity contribution in [1.29, 1.82) is 0 Å². The molecule has 0 bridgehead atoms. The Morgan fingerprint density at radius 1 is 1.00 bits per heavy atom. The Kier molecular flexibility index (Phi) is 3.29. The lowest BCUT2D eigenvalue weighted by molar-refractivity contribution is -0.137. The number of hydrogen-bond acceptors (Lipinski definition) is 2. The van der Waals surface area contributed by atoms with Crippen LogP contribution in [0.3, 0.4) is 0 Å². The largest absolute Gasteiger partial charge is 0.416 e. The second-order valence-corrected chi connectivity index (χ2v) is 6.00. The van der Waals surface area contributed by atoms with E-state index in [4.69, 9.17) is 0 Å². The number of fused-ring (bicyclic) bond motifs is 2. The van der Waals surface area contributed by atoms with Crippen LogP contribution in [0.4, 0.5) is 13.2 Å². The van der Waals surface area contributed by atoms with Gasteiger partial charge in [0.2, 0.25) is 0 Å². The van der Waals surface area contributed by atoms with Gasteiger partial charge >= 0.3 is 6.18 Å². The van der Waals surface area contributed by atoms with Crippen molar-refractivity contribution in [1.82, 2.24) is 4.98 Å². The molecule has 0 aliphatic heterocycles. The molecule has 0 saturated carbocycles. The molecule has 1 heterocycles. The summed E-state index contributed by atoms with van der Waals surface area (Å²) in [5, 5.41) is 0.868. The number of halogens is 3. The van der Waals surface area contributed by atoms with E-state index in [2.05, 4.69) is 11.6 Å². The van der Waals surface area contributed by atoms with Gasteiger partial charge in [0.1, 0.15) is 0 Å². The first-order valence-electron chi connectivity index (χ1n) is 7.66. The summed E-state index contributed by atoms with van der Waals surface area (Å²) in [6.45, 7) is 3.92. The Morgan fingerprint density at radius 2 is 1.76 bits per heavy atom. The molecule has 25 heavy (non-hydrogen) atoms. The summed E-state index contributed by atoms with van der Waals surface area (Å²) in [5.74, 6) is -0.955. The maximum atomic E-state index is 13.0. The quantitative estimate of drug-likeness (QED) is 0.606. The van der Waals surface area contributed by atoms with Crippen LogP contribution in [0.1, 0.15) is 33.0 Å². The van der Waals surface area contributed by atoms with Crippen LogP contribution in [-0.2, 0) is 6.18 Å². The van der Waals surface area contributed by atoms with Crippen LogP contribution >= 0.6 is 0 Å². The highest BCUT2D eigenvalue weighted by atomic mass is 19.4. The van der Waals surface area contributed by atoms with Crippen LogP contribution in [0.2, 0.25) is 0 Å². The van der Waals surface area contributed by atoms with Crippen molar-refractivity contribution in [2.75, 3.05) is 0 Å². The SMILES string of the molecule is C=C1c2cc(C(F)(F)F)ccc2C(=O)C1c1cccc2cccnc12.